The lowest BCUT2D eigenvalue weighted by molar-refractivity contribution is -0.119. The number of carbonyl (C=O) groups is 2. The average molecular weight is 444 g/mol. The van der Waals surface area contributed by atoms with E-state index in [0.29, 0.717) is 6.54 Å². The molecule has 172 valence electrons. The van der Waals surface area contributed by atoms with Gasteiger partial charge in [-0.15, -0.1) is 0 Å². The Labute approximate surface area is 196 Å². The highest BCUT2D eigenvalue weighted by atomic mass is 16.1. The summed E-state index contributed by atoms with van der Waals surface area (Å²) in [7, 11) is 0. The number of rotatable bonds is 5. The molecule has 3 aromatic rings. The Morgan fingerprint density at radius 3 is 2.09 bits per heavy atom. The summed E-state index contributed by atoms with van der Waals surface area (Å²) in [6.07, 6.45) is 4.74. The molecule has 0 aliphatic carbocycles. The third-order valence-electron chi connectivity index (χ3n) is 5.80. The molecule has 0 spiro atoms. The van der Waals surface area contributed by atoms with E-state index < -0.39 is 0 Å². The maximum Gasteiger partial charge on any atom is 0.210 e. The van der Waals surface area contributed by atoms with Crippen molar-refractivity contribution in [2.24, 2.45) is 0 Å². The summed E-state index contributed by atoms with van der Waals surface area (Å²) in [5.74, 6) is 0. The van der Waals surface area contributed by atoms with Gasteiger partial charge in [-0.2, -0.15) is 0 Å². The van der Waals surface area contributed by atoms with Crippen molar-refractivity contribution in [3.63, 3.8) is 0 Å². The van der Waals surface area contributed by atoms with Gasteiger partial charge in [0.25, 0.3) is 0 Å². The number of hydrogen-bond donors (Lipinski definition) is 2. The second-order valence-electron chi connectivity index (χ2n) is 8.10. The number of nitrogens with zero attached hydrogens (tertiary/aromatic N) is 1. The number of amides is 2. The number of nitrogens with one attached hydrogen (secondary N) is 2. The monoisotopic (exact) mass is 443 g/mol. The fraction of sp³-hybridized carbons (Fsp3) is 0.286. The quantitative estimate of drug-likeness (QED) is 0.469. The lowest BCUT2D eigenvalue weighted by Crippen LogP contribution is -2.28. The van der Waals surface area contributed by atoms with E-state index in [1.54, 1.807) is 0 Å². The number of hydrogen-bond acceptors (Lipinski definition) is 3. The molecule has 5 heteroatoms. The molecule has 0 fully saturated rings. The molecule has 0 aromatic heterocycles. The van der Waals surface area contributed by atoms with Crippen molar-refractivity contribution in [1.29, 1.82) is 0 Å². The standard InChI is InChI=1S/C10H11NO.C9H11NO.C9H11N/c12-8-11-6-5-9-3-1-2-4-10(9)7-11;11-8-10-7-6-9-4-2-1-3-5-9;1-2-4-9-7-10-6-5-8(9)3-1/h1-4,8H,5-7H2;1-5,8H,6-7H2,(H,10,11);1-4,10H,5-7H2. The van der Waals surface area contributed by atoms with Crippen LogP contribution in [0.3, 0.4) is 0 Å². The molecule has 2 heterocycles. The fourth-order valence-electron chi connectivity index (χ4n) is 3.95. The van der Waals surface area contributed by atoms with E-state index in [1.165, 1.54) is 34.2 Å². The molecule has 0 radical (unpaired) electrons. The molecule has 0 saturated carbocycles. The van der Waals surface area contributed by atoms with Gasteiger partial charge in [-0.3, -0.25) is 9.59 Å². The smallest absolute Gasteiger partial charge is 0.210 e. The van der Waals surface area contributed by atoms with Crippen molar-refractivity contribution in [1.82, 2.24) is 15.5 Å². The summed E-state index contributed by atoms with van der Waals surface area (Å²) in [5, 5.41) is 5.96. The number of carbonyl (C=O) groups excluding carboxylic acids is 2. The van der Waals surface area contributed by atoms with Gasteiger partial charge in [-0.1, -0.05) is 78.9 Å². The topological polar surface area (TPSA) is 61.4 Å². The van der Waals surface area contributed by atoms with Crippen LogP contribution < -0.4 is 10.6 Å². The number of fused-ring (bicyclic) bond motifs is 2. The minimum Gasteiger partial charge on any atom is -0.358 e. The Hall–Kier alpha value is -3.44. The first-order chi connectivity index (χ1) is 16.3. The average Bonchev–Trinajstić information content (AvgIpc) is 2.90. The highest BCUT2D eigenvalue weighted by Crippen LogP contribution is 2.16. The third kappa shape index (κ3) is 8.20. The van der Waals surface area contributed by atoms with E-state index in [2.05, 4.69) is 53.1 Å². The van der Waals surface area contributed by atoms with E-state index in [1.807, 2.05) is 41.3 Å². The summed E-state index contributed by atoms with van der Waals surface area (Å²) in [6.45, 7) is 4.54. The molecule has 2 aliphatic heterocycles. The first kappa shape index (κ1) is 24.2. The Kier molecular flexibility index (Phi) is 10.2. The summed E-state index contributed by atoms with van der Waals surface area (Å²) in [5.41, 5.74) is 6.91. The van der Waals surface area contributed by atoms with Crippen LogP contribution in [0.4, 0.5) is 0 Å². The Morgan fingerprint density at radius 2 is 1.42 bits per heavy atom. The van der Waals surface area contributed by atoms with Gasteiger partial charge in [0.2, 0.25) is 12.8 Å². The predicted octanol–water partition coefficient (Wildman–Crippen LogP) is 3.51. The van der Waals surface area contributed by atoms with Crippen molar-refractivity contribution in [2.45, 2.75) is 32.4 Å². The highest BCUT2D eigenvalue weighted by molar-refractivity contribution is 5.49. The summed E-state index contributed by atoms with van der Waals surface area (Å²) < 4.78 is 0. The molecule has 0 bridgehead atoms. The molecule has 5 rings (SSSR count). The molecule has 5 nitrogen and oxygen atoms in total. The predicted molar refractivity (Wildman–Crippen MR) is 133 cm³/mol. The minimum atomic E-state index is 0.716. The molecule has 2 aliphatic rings. The van der Waals surface area contributed by atoms with Gasteiger partial charge in [-0.25, -0.2) is 0 Å². The molecule has 0 saturated heterocycles. The molecule has 33 heavy (non-hydrogen) atoms. The zero-order chi connectivity index (χ0) is 23.1. The van der Waals surface area contributed by atoms with Crippen molar-refractivity contribution < 1.29 is 9.59 Å². The van der Waals surface area contributed by atoms with Crippen molar-refractivity contribution in [2.75, 3.05) is 19.6 Å². The first-order valence-electron chi connectivity index (χ1n) is 11.5. The second-order valence-corrected chi connectivity index (χ2v) is 8.10. The summed E-state index contributed by atoms with van der Waals surface area (Å²) >= 11 is 0. The van der Waals surface area contributed by atoms with Crippen LogP contribution in [0.25, 0.3) is 0 Å². The van der Waals surface area contributed by atoms with Crippen LogP contribution in [0.15, 0.2) is 78.9 Å². The van der Waals surface area contributed by atoms with Gasteiger partial charge in [-0.05, 0) is 53.6 Å². The highest BCUT2D eigenvalue weighted by Gasteiger charge is 2.12. The molecular weight excluding hydrogens is 410 g/mol. The van der Waals surface area contributed by atoms with Gasteiger partial charge >= 0.3 is 0 Å². The van der Waals surface area contributed by atoms with E-state index in [4.69, 9.17) is 0 Å². The second kappa shape index (κ2) is 13.9. The van der Waals surface area contributed by atoms with Gasteiger partial charge in [0, 0.05) is 26.2 Å². The largest absolute Gasteiger partial charge is 0.358 e. The van der Waals surface area contributed by atoms with Crippen LogP contribution in [0.5, 0.6) is 0 Å². The zero-order valence-corrected chi connectivity index (χ0v) is 19.1. The maximum absolute atomic E-state index is 10.5. The summed E-state index contributed by atoms with van der Waals surface area (Å²) in [6, 6.07) is 27.0. The molecule has 2 N–H and O–H groups in total. The van der Waals surface area contributed by atoms with Gasteiger partial charge in [0.05, 0.1) is 0 Å². The van der Waals surface area contributed by atoms with Crippen molar-refractivity contribution >= 4 is 12.8 Å². The molecule has 2 amide bonds. The van der Waals surface area contributed by atoms with Crippen LogP contribution in [-0.4, -0.2) is 37.4 Å². The van der Waals surface area contributed by atoms with Gasteiger partial charge in [0.1, 0.15) is 0 Å². The lowest BCUT2D eigenvalue weighted by Gasteiger charge is -2.24. The minimum absolute atomic E-state index is 0.716. The van der Waals surface area contributed by atoms with Crippen molar-refractivity contribution in [3.05, 3.63) is 107 Å². The van der Waals surface area contributed by atoms with E-state index in [-0.39, 0.29) is 0 Å². The van der Waals surface area contributed by atoms with Gasteiger partial charge < -0.3 is 15.5 Å². The first-order valence-corrected chi connectivity index (χ1v) is 11.5. The van der Waals surface area contributed by atoms with E-state index in [9.17, 15) is 9.59 Å². The Balaban J connectivity index is 0.000000140. The molecule has 0 atom stereocenters. The Morgan fingerprint density at radius 1 is 0.788 bits per heavy atom. The summed E-state index contributed by atoms with van der Waals surface area (Å²) in [4.78, 5) is 22.2. The van der Waals surface area contributed by atoms with Crippen molar-refractivity contribution in [3.8, 4) is 0 Å². The molecule has 0 unspecified atom stereocenters. The van der Waals surface area contributed by atoms with Crippen LogP contribution in [0.1, 0.15) is 27.8 Å². The molecular formula is C28H33N3O2. The van der Waals surface area contributed by atoms with Crippen LogP contribution in [-0.2, 0) is 41.9 Å². The zero-order valence-electron chi connectivity index (χ0n) is 19.1. The maximum atomic E-state index is 10.5. The normalized spacial score (nSPS) is 13.6. The molecule has 3 aromatic carbocycles. The SMILES string of the molecule is O=CN1CCc2ccccc2C1.O=CNCCc1ccccc1.c1ccc2c(c1)CCNC2. The Bertz CT molecular complexity index is 966. The third-order valence-corrected chi connectivity index (χ3v) is 5.80. The number of benzene rings is 3. The lowest BCUT2D eigenvalue weighted by atomic mass is 10.0. The van der Waals surface area contributed by atoms with Crippen LogP contribution >= 0.6 is 0 Å². The van der Waals surface area contributed by atoms with E-state index in [0.717, 1.165) is 51.8 Å². The fourth-order valence-corrected chi connectivity index (χ4v) is 3.95. The van der Waals surface area contributed by atoms with E-state index >= 15 is 0 Å². The van der Waals surface area contributed by atoms with Crippen LogP contribution in [0, 0.1) is 0 Å². The van der Waals surface area contributed by atoms with Gasteiger partial charge in [0.15, 0.2) is 0 Å². The van der Waals surface area contributed by atoms with Crippen LogP contribution in [0.2, 0.25) is 0 Å².